The van der Waals surface area contributed by atoms with Crippen LogP contribution in [0.5, 0.6) is 5.75 Å². The van der Waals surface area contributed by atoms with Gasteiger partial charge in [0.15, 0.2) is 11.6 Å². The molecule has 0 unspecified atom stereocenters. The Bertz CT molecular complexity index is 1140. The lowest BCUT2D eigenvalue weighted by molar-refractivity contribution is 0.290. The van der Waals surface area contributed by atoms with E-state index in [1.54, 1.807) is 36.4 Å². The number of nitrogens with two attached hydrogens (primary N) is 1. The number of nitrogens with zero attached hydrogens (tertiary/aromatic N) is 2. The summed E-state index contributed by atoms with van der Waals surface area (Å²) < 4.78 is 19.0. The van der Waals surface area contributed by atoms with Crippen LogP contribution in [0.25, 0.3) is 11.1 Å². The van der Waals surface area contributed by atoms with E-state index < -0.39 is 11.4 Å². The molecule has 0 aliphatic carbocycles. The summed E-state index contributed by atoms with van der Waals surface area (Å²) in [7, 11) is 0. The first-order valence-electron chi connectivity index (χ1n) is 7.87. The average Bonchev–Trinajstić information content (AvgIpc) is 2.67. The largest absolute Gasteiger partial charge is 0.486 e. The molecule has 0 aliphatic heterocycles. The minimum absolute atomic E-state index is 0.0292. The lowest BCUT2D eigenvalue weighted by Gasteiger charge is -2.10. The van der Waals surface area contributed by atoms with E-state index in [9.17, 15) is 19.7 Å². The lowest BCUT2D eigenvalue weighted by Crippen LogP contribution is -2.16. The van der Waals surface area contributed by atoms with Crippen molar-refractivity contribution in [2.75, 3.05) is 5.73 Å². The number of para-hydroxylation sites is 1. The van der Waals surface area contributed by atoms with Gasteiger partial charge in [-0.1, -0.05) is 36.4 Å². The van der Waals surface area contributed by atoms with Crippen LogP contribution >= 0.6 is 0 Å². The van der Waals surface area contributed by atoms with Crippen molar-refractivity contribution >= 4 is 5.82 Å². The van der Waals surface area contributed by atoms with Gasteiger partial charge in [0, 0.05) is 5.56 Å². The zero-order valence-electron chi connectivity index (χ0n) is 14.0. The van der Waals surface area contributed by atoms with E-state index in [0.717, 1.165) is 5.56 Å². The summed E-state index contributed by atoms with van der Waals surface area (Å²) in [6, 6.07) is 16.5. The molecule has 0 saturated heterocycles. The third-order valence-corrected chi connectivity index (χ3v) is 3.94. The molecule has 0 aliphatic rings. The molecule has 27 heavy (non-hydrogen) atoms. The molecule has 6 nitrogen and oxygen atoms in total. The number of pyridine rings is 1. The number of nitriles is 2. The van der Waals surface area contributed by atoms with Crippen molar-refractivity contribution in [2.24, 2.45) is 0 Å². The second kappa shape index (κ2) is 7.42. The normalized spacial score (nSPS) is 10.0. The predicted molar refractivity (Wildman–Crippen MR) is 97.1 cm³/mol. The molecule has 3 aromatic rings. The van der Waals surface area contributed by atoms with E-state index in [2.05, 4.69) is 4.98 Å². The first-order valence-corrected chi connectivity index (χ1v) is 7.87. The minimum Gasteiger partial charge on any atom is -0.486 e. The van der Waals surface area contributed by atoms with Crippen LogP contribution in [0, 0.1) is 28.5 Å². The van der Waals surface area contributed by atoms with Crippen LogP contribution < -0.4 is 16.0 Å². The zero-order valence-corrected chi connectivity index (χ0v) is 14.0. The van der Waals surface area contributed by atoms with Gasteiger partial charge in [-0.05, 0) is 23.3 Å². The molecule has 0 fully saturated rings. The maximum Gasteiger partial charge on any atom is 0.268 e. The van der Waals surface area contributed by atoms with Gasteiger partial charge in [-0.25, -0.2) is 4.39 Å². The molecule has 0 atom stereocenters. The maximum absolute atomic E-state index is 13.6. The van der Waals surface area contributed by atoms with Crippen molar-refractivity contribution in [2.45, 2.75) is 6.61 Å². The zero-order chi connectivity index (χ0) is 19.4. The Morgan fingerprint density at radius 3 is 2.33 bits per heavy atom. The fourth-order valence-corrected chi connectivity index (χ4v) is 2.62. The van der Waals surface area contributed by atoms with E-state index in [4.69, 9.17) is 10.5 Å². The molecular weight excluding hydrogens is 347 g/mol. The maximum atomic E-state index is 13.6. The van der Waals surface area contributed by atoms with E-state index in [1.807, 2.05) is 12.1 Å². The number of benzene rings is 2. The van der Waals surface area contributed by atoms with Gasteiger partial charge >= 0.3 is 0 Å². The summed E-state index contributed by atoms with van der Waals surface area (Å²) in [6.45, 7) is 0.134. The molecule has 0 amide bonds. The highest BCUT2D eigenvalue weighted by atomic mass is 19.1. The Kier molecular flexibility index (Phi) is 4.87. The van der Waals surface area contributed by atoms with E-state index in [-0.39, 0.29) is 34.9 Å². The van der Waals surface area contributed by atoms with Gasteiger partial charge in [-0.15, -0.1) is 0 Å². The van der Waals surface area contributed by atoms with Gasteiger partial charge in [-0.2, -0.15) is 10.5 Å². The molecule has 0 saturated carbocycles. The molecule has 3 N–H and O–H groups in total. The fraction of sp³-hybridized carbons (Fsp3) is 0.0500. The summed E-state index contributed by atoms with van der Waals surface area (Å²) in [4.78, 5) is 14.3. The van der Waals surface area contributed by atoms with E-state index in [0.29, 0.717) is 5.56 Å². The van der Waals surface area contributed by atoms with Crippen molar-refractivity contribution in [1.82, 2.24) is 4.98 Å². The van der Waals surface area contributed by atoms with Gasteiger partial charge in [0.25, 0.3) is 5.56 Å². The summed E-state index contributed by atoms with van der Waals surface area (Å²) in [5.41, 5.74) is 6.32. The first-order chi connectivity index (χ1) is 13.0. The highest BCUT2D eigenvalue weighted by Gasteiger charge is 2.18. The molecule has 0 radical (unpaired) electrons. The van der Waals surface area contributed by atoms with Crippen LogP contribution in [-0.2, 0) is 6.61 Å². The monoisotopic (exact) mass is 360 g/mol. The summed E-state index contributed by atoms with van der Waals surface area (Å²) >= 11 is 0. The summed E-state index contributed by atoms with van der Waals surface area (Å²) in [6.07, 6.45) is 0. The SMILES string of the molecule is N#Cc1c(N)[nH]c(=O)c(C#N)c1-c1ccc(COc2ccccc2F)cc1. The van der Waals surface area contributed by atoms with Crippen LogP contribution in [0.3, 0.4) is 0 Å². The second-order valence-corrected chi connectivity index (χ2v) is 5.63. The molecule has 0 bridgehead atoms. The number of halogens is 1. The van der Waals surface area contributed by atoms with Crippen LogP contribution in [0.4, 0.5) is 10.2 Å². The van der Waals surface area contributed by atoms with Crippen molar-refractivity contribution in [3.8, 4) is 29.0 Å². The predicted octanol–water partition coefficient (Wildman–Crippen LogP) is 3.09. The Hall–Kier alpha value is -4.10. The third-order valence-electron chi connectivity index (χ3n) is 3.94. The molecule has 3 rings (SSSR count). The van der Waals surface area contributed by atoms with Gasteiger partial charge in [-0.3, -0.25) is 4.79 Å². The number of aromatic amines is 1. The standard InChI is InChI=1S/C20H13FN4O2/c21-16-3-1-2-4-17(16)27-11-12-5-7-13(8-6-12)18-14(9-22)19(24)25-20(26)15(18)10-23/h1-8H,11H2,(H3,24,25,26). The highest BCUT2D eigenvalue weighted by Crippen LogP contribution is 2.28. The lowest BCUT2D eigenvalue weighted by atomic mass is 9.96. The fourth-order valence-electron chi connectivity index (χ4n) is 2.62. The van der Waals surface area contributed by atoms with Gasteiger partial charge in [0.2, 0.25) is 0 Å². The number of nitrogens with one attached hydrogen (secondary N) is 1. The Morgan fingerprint density at radius 2 is 1.70 bits per heavy atom. The Balaban J connectivity index is 1.93. The number of anilines is 1. The number of rotatable bonds is 4. The topological polar surface area (TPSA) is 116 Å². The van der Waals surface area contributed by atoms with Crippen molar-refractivity contribution in [1.29, 1.82) is 10.5 Å². The van der Waals surface area contributed by atoms with Crippen molar-refractivity contribution in [3.05, 3.63) is 81.4 Å². The molecule has 1 aromatic heterocycles. The second-order valence-electron chi connectivity index (χ2n) is 5.63. The van der Waals surface area contributed by atoms with Crippen molar-refractivity contribution in [3.63, 3.8) is 0 Å². The third kappa shape index (κ3) is 3.48. The number of H-pyrrole nitrogens is 1. The quantitative estimate of drug-likeness (QED) is 0.742. The molecule has 0 spiro atoms. The molecule has 1 heterocycles. The van der Waals surface area contributed by atoms with Crippen LogP contribution in [-0.4, -0.2) is 4.98 Å². The minimum atomic E-state index is -0.657. The number of aromatic nitrogens is 1. The van der Waals surface area contributed by atoms with Crippen LogP contribution in [0.1, 0.15) is 16.7 Å². The van der Waals surface area contributed by atoms with Crippen molar-refractivity contribution < 1.29 is 9.13 Å². The average molecular weight is 360 g/mol. The first kappa shape index (κ1) is 17.7. The number of ether oxygens (including phenoxy) is 1. The Morgan fingerprint density at radius 1 is 1.04 bits per heavy atom. The van der Waals surface area contributed by atoms with Gasteiger partial charge < -0.3 is 15.5 Å². The smallest absolute Gasteiger partial charge is 0.268 e. The van der Waals surface area contributed by atoms with Crippen LogP contribution in [0.2, 0.25) is 0 Å². The summed E-state index contributed by atoms with van der Waals surface area (Å²) in [5.74, 6) is -0.406. The van der Waals surface area contributed by atoms with Gasteiger partial charge in [0.1, 0.15) is 35.7 Å². The molecule has 2 aromatic carbocycles. The Labute approximate surface area is 153 Å². The molecule has 7 heteroatoms. The highest BCUT2D eigenvalue weighted by molar-refractivity contribution is 5.80. The number of hydrogen-bond acceptors (Lipinski definition) is 5. The molecular formula is C20H13FN4O2. The number of nitrogen functional groups attached to an aromatic ring is 1. The van der Waals surface area contributed by atoms with E-state index >= 15 is 0 Å². The molecule has 132 valence electrons. The van der Waals surface area contributed by atoms with Gasteiger partial charge in [0.05, 0.1) is 0 Å². The number of hydrogen-bond donors (Lipinski definition) is 2. The summed E-state index contributed by atoms with van der Waals surface area (Å²) in [5, 5.41) is 18.6. The van der Waals surface area contributed by atoms with Crippen LogP contribution in [0.15, 0.2) is 53.3 Å². The van der Waals surface area contributed by atoms with E-state index in [1.165, 1.54) is 12.1 Å².